The first kappa shape index (κ1) is 13.4. The van der Waals surface area contributed by atoms with E-state index in [1.807, 2.05) is 0 Å². The molecule has 0 aliphatic carbocycles. The summed E-state index contributed by atoms with van der Waals surface area (Å²) in [4.78, 5) is 12.0. The first-order valence-electron chi connectivity index (χ1n) is 6.45. The van der Waals surface area contributed by atoms with Gasteiger partial charge in [-0.15, -0.1) is 0 Å². The SMILES string of the molecule is COc1ccc(C(=O)O[C@@H]2COC3[C@H](O)CO[C@@H]32)cc1. The summed E-state index contributed by atoms with van der Waals surface area (Å²) in [6.07, 6.45) is -1.91. The average Bonchev–Trinajstić information content (AvgIpc) is 3.03. The fraction of sp³-hybridized carbons (Fsp3) is 0.500. The second-order valence-electron chi connectivity index (χ2n) is 4.84. The second kappa shape index (κ2) is 5.40. The van der Waals surface area contributed by atoms with Gasteiger partial charge < -0.3 is 24.1 Å². The number of fused-ring (bicyclic) bond motifs is 1. The van der Waals surface area contributed by atoms with Crippen molar-refractivity contribution < 1.29 is 28.8 Å². The number of esters is 1. The first-order valence-corrected chi connectivity index (χ1v) is 6.45. The number of carbonyl (C=O) groups is 1. The number of hydrogen-bond donors (Lipinski definition) is 1. The van der Waals surface area contributed by atoms with Crippen molar-refractivity contribution in [2.24, 2.45) is 0 Å². The van der Waals surface area contributed by atoms with E-state index in [-0.39, 0.29) is 19.3 Å². The molecule has 2 aliphatic rings. The van der Waals surface area contributed by atoms with Crippen molar-refractivity contribution in [2.75, 3.05) is 20.3 Å². The van der Waals surface area contributed by atoms with Gasteiger partial charge in [-0.1, -0.05) is 0 Å². The average molecular weight is 280 g/mol. The lowest BCUT2D eigenvalue weighted by Gasteiger charge is -2.16. The van der Waals surface area contributed by atoms with Crippen LogP contribution in [-0.2, 0) is 14.2 Å². The van der Waals surface area contributed by atoms with Crippen LogP contribution in [0, 0.1) is 0 Å². The highest BCUT2D eigenvalue weighted by Crippen LogP contribution is 2.29. The van der Waals surface area contributed by atoms with Crippen molar-refractivity contribution >= 4 is 5.97 Å². The molecule has 1 aromatic carbocycles. The van der Waals surface area contributed by atoms with Gasteiger partial charge in [0.2, 0.25) is 0 Å². The minimum absolute atomic E-state index is 0.214. The number of aliphatic hydroxyl groups is 1. The van der Waals surface area contributed by atoms with E-state index in [0.29, 0.717) is 11.3 Å². The van der Waals surface area contributed by atoms with Crippen molar-refractivity contribution in [3.8, 4) is 5.75 Å². The second-order valence-corrected chi connectivity index (χ2v) is 4.84. The number of aliphatic hydroxyl groups excluding tert-OH is 1. The van der Waals surface area contributed by atoms with Crippen molar-refractivity contribution in [1.82, 2.24) is 0 Å². The summed E-state index contributed by atoms with van der Waals surface area (Å²) >= 11 is 0. The van der Waals surface area contributed by atoms with Crippen molar-refractivity contribution in [2.45, 2.75) is 24.4 Å². The van der Waals surface area contributed by atoms with E-state index < -0.39 is 24.3 Å². The van der Waals surface area contributed by atoms with Crippen LogP contribution in [0.15, 0.2) is 24.3 Å². The number of hydrogen-bond acceptors (Lipinski definition) is 6. The maximum Gasteiger partial charge on any atom is 0.338 e. The molecule has 2 saturated heterocycles. The molecule has 6 heteroatoms. The summed E-state index contributed by atoms with van der Waals surface area (Å²) in [5.41, 5.74) is 0.438. The molecule has 0 radical (unpaired) electrons. The summed E-state index contributed by atoms with van der Waals surface area (Å²) in [5.74, 6) is 0.236. The smallest absolute Gasteiger partial charge is 0.338 e. The Hall–Kier alpha value is -1.63. The number of methoxy groups -OCH3 is 1. The van der Waals surface area contributed by atoms with Crippen LogP contribution < -0.4 is 4.74 Å². The van der Waals surface area contributed by atoms with E-state index in [9.17, 15) is 9.90 Å². The number of rotatable bonds is 3. The molecule has 0 aromatic heterocycles. The van der Waals surface area contributed by atoms with Gasteiger partial charge in [0, 0.05) is 0 Å². The Kier molecular flexibility index (Phi) is 3.60. The van der Waals surface area contributed by atoms with Gasteiger partial charge in [-0.05, 0) is 24.3 Å². The summed E-state index contributed by atoms with van der Waals surface area (Å²) in [5, 5.41) is 9.62. The topological polar surface area (TPSA) is 74.2 Å². The molecular weight excluding hydrogens is 264 g/mol. The van der Waals surface area contributed by atoms with E-state index in [2.05, 4.69) is 0 Å². The lowest BCUT2D eigenvalue weighted by Crippen LogP contribution is -2.34. The van der Waals surface area contributed by atoms with E-state index in [1.165, 1.54) is 0 Å². The Balaban J connectivity index is 1.64. The number of ether oxygens (including phenoxy) is 4. The molecule has 2 fully saturated rings. The maximum atomic E-state index is 12.0. The van der Waals surface area contributed by atoms with Gasteiger partial charge in [-0.2, -0.15) is 0 Å². The quantitative estimate of drug-likeness (QED) is 0.807. The van der Waals surface area contributed by atoms with E-state index in [1.54, 1.807) is 31.4 Å². The standard InChI is InChI=1S/C14H16O6/c1-17-9-4-2-8(3-5-9)14(16)20-11-7-19-12-10(15)6-18-13(11)12/h2-5,10-13,15H,6-7H2,1H3/t10-,11-,12?,13-/m1/s1. The van der Waals surface area contributed by atoms with E-state index >= 15 is 0 Å². The molecule has 3 rings (SSSR count). The maximum absolute atomic E-state index is 12.0. The predicted octanol–water partition coefficient (Wildman–Crippen LogP) is 0.379. The zero-order valence-electron chi connectivity index (χ0n) is 11.0. The summed E-state index contributed by atoms with van der Waals surface area (Å²) < 4.78 is 21.2. The molecule has 20 heavy (non-hydrogen) atoms. The molecule has 6 nitrogen and oxygen atoms in total. The minimum Gasteiger partial charge on any atom is -0.497 e. The van der Waals surface area contributed by atoms with Crippen LogP contribution in [-0.4, -0.2) is 55.8 Å². The van der Waals surface area contributed by atoms with Crippen LogP contribution in [0.1, 0.15) is 10.4 Å². The van der Waals surface area contributed by atoms with Crippen molar-refractivity contribution in [3.63, 3.8) is 0 Å². The van der Waals surface area contributed by atoms with Crippen LogP contribution in [0.25, 0.3) is 0 Å². The predicted molar refractivity (Wildman–Crippen MR) is 67.7 cm³/mol. The zero-order chi connectivity index (χ0) is 14.1. The van der Waals surface area contributed by atoms with Gasteiger partial charge in [-0.3, -0.25) is 0 Å². The van der Waals surface area contributed by atoms with Crippen LogP contribution in [0.3, 0.4) is 0 Å². The highest BCUT2D eigenvalue weighted by Gasteiger charge is 2.48. The Morgan fingerprint density at radius 2 is 1.90 bits per heavy atom. The molecule has 2 aliphatic heterocycles. The van der Waals surface area contributed by atoms with Gasteiger partial charge in [0.25, 0.3) is 0 Å². The summed E-state index contributed by atoms with van der Waals surface area (Å²) in [6, 6.07) is 6.67. The third kappa shape index (κ3) is 2.37. The highest BCUT2D eigenvalue weighted by molar-refractivity contribution is 5.89. The first-order chi connectivity index (χ1) is 9.69. The Labute approximate surface area is 116 Å². The molecule has 0 bridgehead atoms. The molecule has 0 spiro atoms. The Morgan fingerprint density at radius 1 is 1.20 bits per heavy atom. The number of benzene rings is 1. The van der Waals surface area contributed by atoms with E-state index in [4.69, 9.17) is 18.9 Å². The highest BCUT2D eigenvalue weighted by atomic mass is 16.6. The lowest BCUT2D eigenvalue weighted by atomic mass is 10.1. The minimum atomic E-state index is -0.648. The monoisotopic (exact) mass is 280 g/mol. The molecule has 2 heterocycles. The molecular formula is C14H16O6. The molecule has 4 atom stereocenters. The lowest BCUT2D eigenvalue weighted by molar-refractivity contribution is -0.0209. The third-order valence-electron chi connectivity index (χ3n) is 3.57. The van der Waals surface area contributed by atoms with Gasteiger partial charge in [0.05, 0.1) is 25.9 Å². The van der Waals surface area contributed by atoms with Gasteiger partial charge in [-0.25, -0.2) is 4.79 Å². The summed E-state index contributed by atoms with van der Waals surface area (Å²) in [7, 11) is 1.56. The van der Waals surface area contributed by atoms with Crippen LogP contribution in [0.2, 0.25) is 0 Å². The van der Waals surface area contributed by atoms with Gasteiger partial charge >= 0.3 is 5.97 Å². The fourth-order valence-electron chi connectivity index (χ4n) is 2.48. The molecule has 0 amide bonds. The van der Waals surface area contributed by atoms with Crippen LogP contribution in [0.4, 0.5) is 0 Å². The van der Waals surface area contributed by atoms with Crippen LogP contribution >= 0.6 is 0 Å². The zero-order valence-corrected chi connectivity index (χ0v) is 11.0. The normalized spacial score (nSPS) is 31.9. The van der Waals surface area contributed by atoms with E-state index in [0.717, 1.165) is 0 Å². The molecule has 108 valence electrons. The van der Waals surface area contributed by atoms with Gasteiger partial charge in [0.1, 0.15) is 24.1 Å². The summed E-state index contributed by atoms with van der Waals surface area (Å²) in [6.45, 7) is 0.459. The van der Waals surface area contributed by atoms with Crippen molar-refractivity contribution in [3.05, 3.63) is 29.8 Å². The fourth-order valence-corrected chi connectivity index (χ4v) is 2.48. The van der Waals surface area contributed by atoms with Gasteiger partial charge in [0.15, 0.2) is 6.10 Å². The molecule has 1 unspecified atom stereocenters. The molecule has 1 N–H and O–H groups in total. The Morgan fingerprint density at radius 3 is 2.60 bits per heavy atom. The van der Waals surface area contributed by atoms with Crippen LogP contribution in [0.5, 0.6) is 5.75 Å². The molecule has 1 aromatic rings. The van der Waals surface area contributed by atoms with Crippen molar-refractivity contribution in [1.29, 1.82) is 0 Å². The molecule has 0 saturated carbocycles. The third-order valence-corrected chi connectivity index (χ3v) is 3.57. The largest absolute Gasteiger partial charge is 0.497 e. The Bertz CT molecular complexity index is 485. The number of carbonyl (C=O) groups excluding carboxylic acids is 1.